The average molecular weight is 222 g/mol. The van der Waals surface area contributed by atoms with E-state index < -0.39 is 0 Å². The molecule has 1 fully saturated rings. The van der Waals surface area contributed by atoms with Gasteiger partial charge in [0, 0.05) is 23.8 Å². The molecule has 1 saturated carbocycles. The molecule has 0 heterocycles. The van der Waals surface area contributed by atoms with Crippen molar-refractivity contribution in [2.24, 2.45) is 0 Å². The highest BCUT2D eigenvalue weighted by atomic mass is 19.1. The fourth-order valence-corrected chi connectivity index (χ4v) is 2.06. The molecule has 0 aromatic heterocycles. The molecule has 0 spiro atoms. The van der Waals surface area contributed by atoms with Gasteiger partial charge in [-0.2, -0.15) is 0 Å². The number of rotatable bonds is 5. The molecule has 3 heteroatoms. The van der Waals surface area contributed by atoms with E-state index in [-0.39, 0.29) is 5.82 Å². The van der Waals surface area contributed by atoms with Crippen LogP contribution in [0.25, 0.3) is 0 Å². The molecule has 2 N–H and O–H groups in total. The largest absolute Gasteiger partial charge is 0.398 e. The summed E-state index contributed by atoms with van der Waals surface area (Å²) in [5.41, 5.74) is 7.05. The van der Waals surface area contributed by atoms with Gasteiger partial charge in [-0.15, -0.1) is 0 Å². The Hall–Kier alpha value is -1.09. The van der Waals surface area contributed by atoms with E-state index in [1.54, 1.807) is 12.1 Å². The second-order valence-corrected chi connectivity index (χ2v) is 4.51. The summed E-state index contributed by atoms with van der Waals surface area (Å²) in [6, 6.07) is 5.58. The molecule has 1 aliphatic rings. The molecule has 0 radical (unpaired) electrons. The lowest BCUT2D eigenvalue weighted by molar-refractivity contribution is 0.252. The first-order chi connectivity index (χ1) is 7.72. The molecule has 16 heavy (non-hydrogen) atoms. The van der Waals surface area contributed by atoms with Crippen molar-refractivity contribution in [2.75, 3.05) is 12.3 Å². The highest BCUT2D eigenvalue weighted by molar-refractivity contribution is 5.47. The van der Waals surface area contributed by atoms with E-state index in [1.807, 2.05) is 0 Å². The minimum Gasteiger partial charge on any atom is -0.398 e. The molecule has 0 bridgehead atoms. The van der Waals surface area contributed by atoms with Gasteiger partial charge in [-0.25, -0.2) is 4.39 Å². The summed E-state index contributed by atoms with van der Waals surface area (Å²) < 4.78 is 13.6. The highest BCUT2D eigenvalue weighted by Crippen LogP contribution is 2.30. The minimum atomic E-state index is -0.179. The Balaban J connectivity index is 2.11. The van der Waals surface area contributed by atoms with Gasteiger partial charge in [-0.3, -0.25) is 4.90 Å². The Labute approximate surface area is 96.2 Å². The molecule has 2 nitrogen and oxygen atoms in total. The molecule has 2 rings (SSSR count). The van der Waals surface area contributed by atoms with Crippen LogP contribution < -0.4 is 5.73 Å². The number of nitrogen functional groups attached to an aromatic ring is 1. The minimum absolute atomic E-state index is 0.179. The lowest BCUT2D eigenvalue weighted by atomic mass is 10.1. The molecule has 0 atom stereocenters. The van der Waals surface area contributed by atoms with Crippen molar-refractivity contribution in [2.45, 2.75) is 38.8 Å². The molecule has 1 aromatic rings. The summed E-state index contributed by atoms with van der Waals surface area (Å²) in [4.78, 5) is 2.34. The molecule has 1 aliphatic carbocycles. The zero-order valence-corrected chi connectivity index (χ0v) is 9.75. The van der Waals surface area contributed by atoms with Crippen LogP contribution in [0.2, 0.25) is 0 Å². The van der Waals surface area contributed by atoms with E-state index in [4.69, 9.17) is 5.73 Å². The highest BCUT2D eigenvalue weighted by Gasteiger charge is 2.29. The fraction of sp³-hybridized carbons (Fsp3) is 0.538. The third kappa shape index (κ3) is 2.53. The normalized spacial score (nSPS) is 15.7. The molecule has 0 amide bonds. The van der Waals surface area contributed by atoms with Crippen LogP contribution in [0.15, 0.2) is 18.2 Å². The van der Waals surface area contributed by atoms with Crippen LogP contribution in [-0.2, 0) is 6.54 Å². The quantitative estimate of drug-likeness (QED) is 0.776. The van der Waals surface area contributed by atoms with E-state index in [9.17, 15) is 4.39 Å². The van der Waals surface area contributed by atoms with Crippen LogP contribution in [0, 0.1) is 5.82 Å². The van der Waals surface area contributed by atoms with Crippen molar-refractivity contribution in [3.63, 3.8) is 0 Å². The Morgan fingerprint density at radius 3 is 2.75 bits per heavy atom. The van der Waals surface area contributed by atoms with Crippen molar-refractivity contribution < 1.29 is 4.39 Å². The van der Waals surface area contributed by atoms with Gasteiger partial charge in [0.2, 0.25) is 0 Å². The average Bonchev–Trinajstić information content (AvgIpc) is 3.06. The van der Waals surface area contributed by atoms with Gasteiger partial charge in [0.25, 0.3) is 0 Å². The summed E-state index contributed by atoms with van der Waals surface area (Å²) in [6.45, 7) is 3.83. The van der Waals surface area contributed by atoms with Gasteiger partial charge in [0.15, 0.2) is 0 Å². The number of nitrogens with zero attached hydrogens (tertiary/aromatic N) is 1. The van der Waals surface area contributed by atoms with Crippen molar-refractivity contribution in [1.29, 1.82) is 0 Å². The van der Waals surface area contributed by atoms with Gasteiger partial charge in [0.05, 0.1) is 0 Å². The van der Waals surface area contributed by atoms with Crippen molar-refractivity contribution in [3.8, 4) is 0 Å². The Morgan fingerprint density at radius 2 is 2.19 bits per heavy atom. The zero-order valence-electron chi connectivity index (χ0n) is 9.75. The smallest absolute Gasteiger partial charge is 0.129 e. The summed E-state index contributed by atoms with van der Waals surface area (Å²) >= 11 is 0. The van der Waals surface area contributed by atoms with Crippen molar-refractivity contribution in [3.05, 3.63) is 29.6 Å². The molecular weight excluding hydrogens is 203 g/mol. The number of anilines is 1. The number of hydrogen-bond donors (Lipinski definition) is 1. The first-order valence-corrected chi connectivity index (χ1v) is 5.99. The van der Waals surface area contributed by atoms with Gasteiger partial charge < -0.3 is 5.73 Å². The van der Waals surface area contributed by atoms with Gasteiger partial charge in [0.1, 0.15) is 5.82 Å². The standard InChI is InChI=1S/C13H19FN2/c1-2-8-16(10-6-7-10)9-11-12(14)4-3-5-13(11)15/h3-5,10H,2,6-9,15H2,1H3. The number of nitrogens with two attached hydrogens (primary N) is 1. The van der Waals surface area contributed by atoms with Gasteiger partial charge in [-0.05, 0) is 37.9 Å². The Morgan fingerprint density at radius 1 is 1.44 bits per heavy atom. The monoisotopic (exact) mass is 222 g/mol. The second-order valence-electron chi connectivity index (χ2n) is 4.51. The Bertz CT molecular complexity index is 341. The maximum Gasteiger partial charge on any atom is 0.129 e. The van der Waals surface area contributed by atoms with E-state index in [0.717, 1.165) is 13.0 Å². The number of benzene rings is 1. The summed E-state index contributed by atoms with van der Waals surface area (Å²) in [7, 11) is 0. The first kappa shape index (κ1) is 11.4. The maximum absolute atomic E-state index is 13.6. The zero-order chi connectivity index (χ0) is 11.5. The first-order valence-electron chi connectivity index (χ1n) is 5.99. The molecule has 1 aromatic carbocycles. The summed E-state index contributed by atoms with van der Waals surface area (Å²) in [5, 5.41) is 0. The molecular formula is C13H19FN2. The molecule has 0 unspecified atom stereocenters. The lowest BCUT2D eigenvalue weighted by Crippen LogP contribution is -2.27. The summed E-state index contributed by atoms with van der Waals surface area (Å²) in [6.07, 6.45) is 3.59. The second kappa shape index (κ2) is 4.83. The van der Waals surface area contributed by atoms with Gasteiger partial charge in [-0.1, -0.05) is 13.0 Å². The van der Waals surface area contributed by atoms with Crippen LogP contribution in [0.1, 0.15) is 31.7 Å². The van der Waals surface area contributed by atoms with E-state index in [0.29, 0.717) is 23.8 Å². The molecule has 0 aliphatic heterocycles. The van der Waals surface area contributed by atoms with Crippen LogP contribution in [0.3, 0.4) is 0 Å². The van der Waals surface area contributed by atoms with E-state index in [2.05, 4.69) is 11.8 Å². The number of halogens is 1. The van der Waals surface area contributed by atoms with Crippen LogP contribution in [0.4, 0.5) is 10.1 Å². The third-order valence-corrected chi connectivity index (χ3v) is 3.09. The SMILES string of the molecule is CCCN(Cc1c(N)cccc1F)C1CC1. The number of hydrogen-bond acceptors (Lipinski definition) is 2. The molecule has 0 saturated heterocycles. The van der Waals surface area contributed by atoms with Crippen LogP contribution in [0.5, 0.6) is 0 Å². The Kier molecular flexibility index (Phi) is 3.44. The molecule has 88 valence electrons. The summed E-state index contributed by atoms with van der Waals surface area (Å²) in [5.74, 6) is -0.179. The maximum atomic E-state index is 13.6. The fourth-order valence-electron chi connectivity index (χ4n) is 2.06. The van der Waals surface area contributed by atoms with Crippen molar-refractivity contribution >= 4 is 5.69 Å². The topological polar surface area (TPSA) is 29.3 Å². The lowest BCUT2D eigenvalue weighted by Gasteiger charge is -2.22. The van der Waals surface area contributed by atoms with E-state index >= 15 is 0 Å². The van der Waals surface area contributed by atoms with Crippen LogP contribution in [-0.4, -0.2) is 17.5 Å². The predicted octanol–water partition coefficient (Wildman–Crippen LogP) is 2.78. The third-order valence-electron chi connectivity index (χ3n) is 3.09. The van der Waals surface area contributed by atoms with Crippen molar-refractivity contribution in [1.82, 2.24) is 4.90 Å². The predicted molar refractivity (Wildman–Crippen MR) is 64.5 cm³/mol. The van der Waals surface area contributed by atoms with Gasteiger partial charge >= 0.3 is 0 Å². The van der Waals surface area contributed by atoms with E-state index in [1.165, 1.54) is 18.9 Å². The van der Waals surface area contributed by atoms with Crippen LogP contribution >= 0.6 is 0 Å².